The van der Waals surface area contributed by atoms with Crippen LogP contribution in [0, 0.1) is 58.2 Å². The topological polar surface area (TPSA) is 64.3 Å². The van der Waals surface area contributed by atoms with Crippen LogP contribution in [0.1, 0.15) is 92.4 Å². The van der Waals surface area contributed by atoms with Gasteiger partial charge in [-0.3, -0.25) is 0 Å². The van der Waals surface area contributed by atoms with Gasteiger partial charge < -0.3 is 9.84 Å². The average molecular weight is 485 g/mol. The SMILES string of the molecule is CC[C@H]1[C@@H](O)[C@@H]2[C@H](CC[C@]3(C)[C@@H]([C@H](C)CCOC(=O)n4ccnc4)CC[C@@H]23)[C@@]2(C)CC[C@@H](C)C[C@@H]12. The molecule has 0 spiro atoms. The molecule has 11 atom stereocenters. The third-order valence-corrected chi connectivity index (χ3v) is 12.0. The van der Waals surface area contributed by atoms with Gasteiger partial charge in [-0.25, -0.2) is 14.3 Å². The summed E-state index contributed by atoms with van der Waals surface area (Å²) in [5.41, 5.74) is 0.697. The Morgan fingerprint density at radius 1 is 1.14 bits per heavy atom. The molecule has 0 radical (unpaired) electrons. The number of hydrogen-bond acceptors (Lipinski definition) is 4. The Morgan fingerprint density at radius 3 is 2.60 bits per heavy atom. The normalized spacial score (nSPS) is 45.8. The second kappa shape index (κ2) is 9.50. The van der Waals surface area contributed by atoms with Crippen molar-refractivity contribution in [1.82, 2.24) is 9.55 Å². The number of fused-ring (bicyclic) bond motifs is 5. The van der Waals surface area contributed by atoms with E-state index in [1.54, 1.807) is 12.4 Å². The number of carbonyl (C=O) groups excluding carboxylic acids is 1. The Bertz CT molecular complexity index is 886. The van der Waals surface area contributed by atoms with Crippen molar-refractivity contribution in [3.8, 4) is 0 Å². The summed E-state index contributed by atoms with van der Waals surface area (Å²) >= 11 is 0. The molecule has 1 aromatic heterocycles. The first-order valence-electron chi connectivity index (χ1n) is 14.5. The van der Waals surface area contributed by atoms with Crippen LogP contribution in [0.3, 0.4) is 0 Å². The van der Waals surface area contributed by atoms with Crippen molar-refractivity contribution in [2.24, 2.45) is 58.2 Å². The molecule has 196 valence electrons. The minimum atomic E-state index is -0.341. The number of ether oxygens (including phenoxy) is 1. The van der Waals surface area contributed by atoms with E-state index in [1.807, 2.05) is 0 Å². The lowest BCUT2D eigenvalue weighted by atomic mass is 9.41. The fourth-order valence-electron chi connectivity index (χ4n) is 10.1. The van der Waals surface area contributed by atoms with E-state index in [9.17, 15) is 9.90 Å². The third-order valence-electron chi connectivity index (χ3n) is 12.0. The zero-order chi connectivity index (χ0) is 25.0. The summed E-state index contributed by atoms with van der Waals surface area (Å²) < 4.78 is 6.94. The van der Waals surface area contributed by atoms with E-state index in [2.05, 4.69) is 39.6 Å². The van der Waals surface area contributed by atoms with Gasteiger partial charge in [0.25, 0.3) is 0 Å². The lowest BCUT2D eigenvalue weighted by Crippen LogP contribution is -2.61. The predicted octanol–water partition coefficient (Wildman–Crippen LogP) is 6.80. The quantitative estimate of drug-likeness (QED) is 0.499. The minimum absolute atomic E-state index is 0.136. The van der Waals surface area contributed by atoms with Gasteiger partial charge in [-0.1, -0.05) is 47.5 Å². The van der Waals surface area contributed by atoms with Gasteiger partial charge in [-0.15, -0.1) is 0 Å². The van der Waals surface area contributed by atoms with Gasteiger partial charge in [0, 0.05) is 12.4 Å². The van der Waals surface area contributed by atoms with Crippen LogP contribution in [0.5, 0.6) is 0 Å². The summed E-state index contributed by atoms with van der Waals surface area (Å²) in [6, 6.07) is 0. The van der Waals surface area contributed by atoms with Crippen molar-refractivity contribution in [3.63, 3.8) is 0 Å². The number of imidazole rings is 1. The molecular weight excluding hydrogens is 436 g/mol. The highest BCUT2D eigenvalue weighted by Gasteiger charge is 2.64. The van der Waals surface area contributed by atoms with Crippen molar-refractivity contribution in [3.05, 3.63) is 18.7 Å². The maximum Gasteiger partial charge on any atom is 0.419 e. The van der Waals surface area contributed by atoms with Gasteiger partial charge in [0.1, 0.15) is 6.33 Å². The van der Waals surface area contributed by atoms with Gasteiger partial charge >= 0.3 is 6.09 Å². The average Bonchev–Trinajstić information content (AvgIpc) is 3.48. The molecule has 5 heteroatoms. The Morgan fingerprint density at radius 2 is 1.89 bits per heavy atom. The highest BCUT2D eigenvalue weighted by Crippen LogP contribution is 2.69. The number of carbonyl (C=O) groups is 1. The molecular formula is C30H48N2O3. The second-order valence-corrected chi connectivity index (χ2v) is 13.4. The van der Waals surface area contributed by atoms with Gasteiger partial charge in [-0.05, 0) is 103 Å². The fraction of sp³-hybridized carbons (Fsp3) is 0.867. The number of aromatic nitrogens is 2. The molecule has 0 unspecified atom stereocenters. The number of aliphatic hydroxyl groups is 1. The summed E-state index contributed by atoms with van der Waals surface area (Å²) in [5, 5.41) is 11.9. The molecule has 5 rings (SSSR count). The van der Waals surface area contributed by atoms with E-state index in [0.29, 0.717) is 58.9 Å². The smallest absolute Gasteiger partial charge is 0.419 e. The molecule has 0 aromatic carbocycles. The minimum Gasteiger partial charge on any atom is -0.449 e. The molecule has 4 fully saturated rings. The first kappa shape index (κ1) is 25.3. The van der Waals surface area contributed by atoms with Crippen LogP contribution in [0.25, 0.3) is 0 Å². The molecule has 4 aliphatic rings. The largest absolute Gasteiger partial charge is 0.449 e. The van der Waals surface area contributed by atoms with E-state index in [1.165, 1.54) is 55.8 Å². The maximum absolute atomic E-state index is 12.2. The maximum atomic E-state index is 12.2. The zero-order valence-electron chi connectivity index (χ0n) is 22.7. The molecule has 1 aromatic rings. The first-order valence-corrected chi connectivity index (χ1v) is 14.5. The first-order chi connectivity index (χ1) is 16.7. The number of aliphatic hydroxyl groups excluding tert-OH is 1. The molecule has 0 saturated heterocycles. The van der Waals surface area contributed by atoms with E-state index in [0.717, 1.165) is 18.8 Å². The molecule has 0 amide bonds. The summed E-state index contributed by atoms with van der Waals surface area (Å²) in [6.45, 7) is 12.7. The van der Waals surface area contributed by atoms with E-state index < -0.39 is 0 Å². The van der Waals surface area contributed by atoms with Crippen LogP contribution >= 0.6 is 0 Å². The van der Waals surface area contributed by atoms with Gasteiger partial charge in [0.05, 0.1) is 12.7 Å². The van der Waals surface area contributed by atoms with Crippen molar-refractivity contribution in [1.29, 1.82) is 0 Å². The van der Waals surface area contributed by atoms with Gasteiger partial charge in [0.2, 0.25) is 0 Å². The summed E-state index contributed by atoms with van der Waals surface area (Å²) in [7, 11) is 0. The molecule has 0 aliphatic heterocycles. The summed E-state index contributed by atoms with van der Waals surface area (Å²) in [6.07, 6.45) is 15.4. The van der Waals surface area contributed by atoms with Crippen molar-refractivity contribution in [2.45, 2.75) is 98.5 Å². The molecule has 1 heterocycles. The Kier molecular flexibility index (Phi) is 6.87. The van der Waals surface area contributed by atoms with Crippen LogP contribution < -0.4 is 0 Å². The predicted molar refractivity (Wildman–Crippen MR) is 138 cm³/mol. The fourth-order valence-corrected chi connectivity index (χ4v) is 10.1. The van der Waals surface area contributed by atoms with Gasteiger partial charge in [-0.2, -0.15) is 0 Å². The van der Waals surface area contributed by atoms with Crippen LogP contribution in [-0.2, 0) is 4.74 Å². The van der Waals surface area contributed by atoms with Crippen LogP contribution in [0.2, 0.25) is 0 Å². The molecule has 35 heavy (non-hydrogen) atoms. The molecule has 1 N–H and O–H groups in total. The molecule has 4 saturated carbocycles. The number of hydrogen-bond donors (Lipinski definition) is 1. The second-order valence-electron chi connectivity index (χ2n) is 13.4. The summed E-state index contributed by atoms with van der Waals surface area (Å²) in [5.74, 6) is 4.89. The number of rotatable bonds is 5. The van der Waals surface area contributed by atoms with Crippen molar-refractivity contribution >= 4 is 6.09 Å². The van der Waals surface area contributed by atoms with Crippen LogP contribution in [0.4, 0.5) is 4.79 Å². The molecule has 4 aliphatic carbocycles. The standard InChI is InChI=1S/C30H48N2O3/c1-6-21-25-17-19(2)9-12-30(25,5)24-10-13-29(4)22(7-8-23(29)26(24)27(21)33)20(3)11-16-35-28(34)32-15-14-31-18-32/h14-15,18-27,33H,6-13,16-17H2,1-5H3/t19-,20-,21-,22-,23+,24+,25+,26+,27-,29-,30-/m1/s1. The van der Waals surface area contributed by atoms with E-state index in [4.69, 9.17) is 4.74 Å². The third kappa shape index (κ3) is 4.08. The van der Waals surface area contributed by atoms with Crippen LogP contribution in [0.15, 0.2) is 18.7 Å². The Balaban J connectivity index is 1.30. The van der Waals surface area contributed by atoms with Gasteiger partial charge in [0.15, 0.2) is 0 Å². The zero-order valence-corrected chi connectivity index (χ0v) is 22.7. The lowest BCUT2D eigenvalue weighted by Gasteiger charge is -2.65. The van der Waals surface area contributed by atoms with Crippen molar-refractivity contribution < 1.29 is 14.6 Å². The lowest BCUT2D eigenvalue weighted by molar-refractivity contribution is -0.198. The monoisotopic (exact) mass is 484 g/mol. The Labute approximate surface area is 212 Å². The van der Waals surface area contributed by atoms with Crippen LogP contribution in [-0.4, -0.2) is 33.5 Å². The highest BCUT2D eigenvalue weighted by molar-refractivity contribution is 5.69. The molecule has 0 bridgehead atoms. The Hall–Kier alpha value is -1.36. The van der Waals surface area contributed by atoms with E-state index in [-0.39, 0.29) is 12.2 Å². The molecule has 5 nitrogen and oxygen atoms in total. The van der Waals surface area contributed by atoms with E-state index >= 15 is 0 Å². The highest BCUT2D eigenvalue weighted by atomic mass is 16.5. The van der Waals surface area contributed by atoms with Crippen molar-refractivity contribution in [2.75, 3.05) is 6.61 Å². The number of nitrogens with zero attached hydrogens (tertiary/aromatic N) is 2. The summed E-state index contributed by atoms with van der Waals surface area (Å²) in [4.78, 5) is 16.1.